The van der Waals surface area contributed by atoms with Gasteiger partial charge in [-0.05, 0) is 50.4 Å². The molecular formula is C14H20N2O3. The molecule has 1 atom stereocenters. The molecule has 0 radical (unpaired) electrons. The Morgan fingerprint density at radius 3 is 2.95 bits per heavy atom. The number of carbonyl (C=O) groups excluding carboxylic acids is 1. The van der Waals surface area contributed by atoms with Crippen molar-refractivity contribution in [3.8, 4) is 11.5 Å². The van der Waals surface area contributed by atoms with Gasteiger partial charge in [0, 0.05) is 12.6 Å². The van der Waals surface area contributed by atoms with E-state index in [0.29, 0.717) is 12.5 Å². The van der Waals surface area contributed by atoms with Crippen LogP contribution in [-0.2, 0) is 0 Å². The fourth-order valence-corrected chi connectivity index (χ4v) is 2.37. The monoisotopic (exact) mass is 264 g/mol. The van der Waals surface area contributed by atoms with Crippen LogP contribution in [0.2, 0.25) is 0 Å². The highest BCUT2D eigenvalue weighted by Gasteiger charge is 2.14. The van der Waals surface area contributed by atoms with Gasteiger partial charge in [0.15, 0.2) is 0 Å². The quantitative estimate of drug-likeness (QED) is 0.659. The highest BCUT2D eigenvalue weighted by molar-refractivity contribution is 5.96. The zero-order chi connectivity index (χ0) is 13.7. The number of hydrogen-bond acceptors (Lipinski definition) is 4. The fraction of sp³-hybridized carbons (Fsp3) is 0.500. The second-order valence-electron chi connectivity index (χ2n) is 4.96. The van der Waals surface area contributed by atoms with Crippen molar-refractivity contribution in [2.75, 3.05) is 19.6 Å². The number of carbonyl (C=O) groups is 1. The Labute approximate surface area is 112 Å². The molecule has 19 heavy (non-hydrogen) atoms. The van der Waals surface area contributed by atoms with Gasteiger partial charge < -0.3 is 20.8 Å². The van der Waals surface area contributed by atoms with Crippen molar-refractivity contribution < 1.29 is 15.0 Å². The van der Waals surface area contributed by atoms with Gasteiger partial charge in [-0.15, -0.1) is 0 Å². The van der Waals surface area contributed by atoms with E-state index in [9.17, 15) is 9.90 Å². The summed E-state index contributed by atoms with van der Waals surface area (Å²) in [7, 11) is 0. The molecule has 5 nitrogen and oxygen atoms in total. The first-order chi connectivity index (χ1) is 9.16. The second-order valence-corrected chi connectivity index (χ2v) is 4.96. The lowest BCUT2D eigenvalue weighted by molar-refractivity contribution is 0.0948. The lowest BCUT2D eigenvalue weighted by atomic mass is 9.96. The van der Waals surface area contributed by atoms with Crippen molar-refractivity contribution in [3.05, 3.63) is 23.8 Å². The number of aromatic hydroxyl groups is 2. The number of hydrogen-bond donors (Lipinski definition) is 4. The largest absolute Gasteiger partial charge is 0.508 e. The number of rotatable bonds is 4. The smallest absolute Gasteiger partial charge is 0.255 e. The van der Waals surface area contributed by atoms with Gasteiger partial charge in [0.05, 0.1) is 5.56 Å². The van der Waals surface area contributed by atoms with Crippen LogP contribution < -0.4 is 10.6 Å². The van der Waals surface area contributed by atoms with Gasteiger partial charge >= 0.3 is 0 Å². The number of amides is 1. The van der Waals surface area contributed by atoms with Crippen LogP contribution in [0.25, 0.3) is 0 Å². The van der Waals surface area contributed by atoms with E-state index in [2.05, 4.69) is 10.6 Å². The van der Waals surface area contributed by atoms with Crippen molar-refractivity contribution in [3.63, 3.8) is 0 Å². The molecule has 0 aliphatic carbocycles. The van der Waals surface area contributed by atoms with Crippen molar-refractivity contribution >= 4 is 5.91 Å². The van der Waals surface area contributed by atoms with E-state index in [4.69, 9.17) is 5.11 Å². The molecule has 1 aliphatic rings. The average Bonchev–Trinajstić information content (AvgIpc) is 2.39. The van der Waals surface area contributed by atoms with Crippen molar-refractivity contribution in [1.82, 2.24) is 10.6 Å². The summed E-state index contributed by atoms with van der Waals surface area (Å²) < 4.78 is 0. The summed E-state index contributed by atoms with van der Waals surface area (Å²) in [6, 6.07) is 3.97. The standard InChI is InChI=1S/C14H20N2O3/c17-11-3-4-12(13(18)8-11)14(19)16-7-5-10-2-1-6-15-9-10/h3-4,8,10,15,17-18H,1-2,5-7,9H2,(H,16,19). The molecule has 4 N–H and O–H groups in total. The summed E-state index contributed by atoms with van der Waals surface area (Å²) in [5, 5.41) is 24.9. The molecule has 1 aromatic rings. The minimum Gasteiger partial charge on any atom is -0.508 e. The zero-order valence-electron chi connectivity index (χ0n) is 10.9. The van der Waals surface area contributed by atoms with Gasteiger partial charge in [-0.3, -0.25) is 4.79 Å². The molecule has 2 rings (SSSR count). The van der Waals surface area contributed by atoms with Gasteiger partial charge in [0.25, 0.3) is 5.91 Å². The van der Waals surface area contributed by atoms with Crippen molar-refractivity contribution in [2.45, 2.75) is 19.3 Å². The molecule has 1 unspecified atom stereocenters. The second kappa shape index (κ2) is 6.43. The van der Waals surface area contributed by atoms with Crippen molar-refractivity contribution in [1.29, 1.82) is 0 Å². The summed E-state index contributed by atoms with van der Waals surface area (Å²) in [5.41, 5.74) is 0.194. The first-order valence-corrected chi connectivity index (χ1v) is 6.67. The highest BCUT2D eigenvalue weighted by Crippen LogP contribution is 2.22. The average molecular weight is 264 g/mol. The predicted octanol–water partition coefficient (Wildman–Crippen LogP) is 1.22. The number of benzene rings is 1. The molecule has 1 aromatic carbocycles. The molecule has 0 aromatic heterocycles. The number of piperidine rings is 1. The Bertz CT molecular complexity index is 442. The van der Waals surface area contributed by atoms with Gasteiger partial charge in [0.2, 0.25) is 0 Å². The molecule has 0 saturated carbocycles. The maximum atomic E-state index is 11.9. The van der Waals surface area contributed by atoms with Crippen LogP contribution in [0, 0.1) is 5.92 Å². The maximum Gasteiger partial charge on any atom is 0.255 e. The lowest BCUT2D eigenvalue weighted by Gasteiger charge is -2.22. The van der Waals surface area contributed by atoms with Crippen LogP contribution in [0.5, 0.6) is 11.5 Å². The van der Waals surface area contributed by atoms with Gasteiger partial charge in [-0.1, -0.05) is 0 Å². The Kier molecular flexibility index (Phi) is 4.63. The summed E-state index contributed by atoms with van der Waals surface area (Å²) >= 11 is 0. The molecule has 1 heterocycles. The summed E-state index contributed by atoms with van der Waals surface area (Å²) in [5.74, 6) is 0.0582. The Morgan fingerprint density at radius 2 is 2.26 bits per heavy atom. The summed E-state index contributed by atoms with van der Waals surface area (Å²) in [4.78, 5) is 11.9. The minimum absolute atomic E-state index is 0.0534. The van der Waals surface area contributed by atoms with E-state index >= 15 is 0 Å². The minimum atomic E-state index is -0.304. The van der Waals surface area contributed by atoms with E-state index in [-0.39, 0.29) is 23.0 Å². The van der Waals surface area contributed by atoms with E-state index in [1.165, 1.54) is 31.0 Å². The first-order valence-electron chi connectivity index (χ1n) is 6.67. The SMILES string of the molecule is O=C(NCCC1CCCNC1)c1ccc(O)cc1O. The van der Waals surface area contributed by atoms with Crippen LogP contribution in [0.3, 0.4) is 0 Å². The van der Waals surface area contributed by atoms with Crippen LogP contribution >= 0.6 is 0 Å². The third-order valence-electron chi connectivity index (χ3n) is 3.46. The predicted molar refractivity (Wildman–Crippen MR) is 72.3 cm³/mol. The number of nitrogens with one attached hydrogen (secondary N) is 2. The molecule has 0 bridgehead atoms. The van der Waals surface area contributed by atoms with E-state index < -0.39 is 0 Å². The van der Waals surface area contributed by atoms with Crippen LogP contribution in [0.15, 0.2) is 18.2 Å². The Morgan fingerprint density at radius 1 is 1.42 bits per heavy atom. The van der Waals surface area contributed by atoms with E-state index in [0.717, 1.165) is 19.5 Å². The zero-order valence-corrected chi connectivity index (χ0v) is 10.9. The normalized spacial score (nSPS) is 19.1. The van der Waals surface area contributed by atoms with Crippen LogP contribution in [0.1, 0.15) is 29.6 Å². The molecule has 0 spiro atoms. The lowest BCUT2D eigenvalue weighted by Crippen LogP contribution is -2.33. The van der Waals surface area contributed by atoms with E-state index in [1.54, 1.807) is 0 Å². The number of phenolic OH excluding ortho intramolecular Hbond substituents is 2. The van der Waals surface area contributed by atoms with Crippen molar-refractivity contribution in [2.24, 2.45) is 5.92 Å². The molecular weight excluding hydrogens is 244 g/mol. The van der Waals surface area contributed by atoms with Gasteiger partial charge in [-0.25, -0.2) is 0 Å². The summed E-state index contributed by atoms with van der Waals surface area (Å²) in [6.45, 7) is 2.70. The molecule has 1 fully saturated rings. The third kappa shape index (κ3) is 3.86. The maximum absolute atomic E-state index is 11.9. The fourth-order valence-electron chi connectivity index (χ4n) is 2.37. The molecule has 5 heteroatoms. The first kappa shape index (κ1) is 13.7. The molecule has 1 amide bonds. The summed E-state index contributed by atoms with van der Waals surface area (Å²) in [6.07, 6.45) is 3.34. The number of phenols is 2. The topological polar surface area (TPSA) is 81.6 Å². The molecule has 1 aliphatic heterocycles. The molecule has 104 valence electrons. The molecule has 1 saturated heterocycles. The Hall–Kier alpha value is -1.75. The highest BCUT2D eigenvalue weighted by atomic mass is 16.3. The van der Waals surface area contributed by atoms with Crippen LogP contribution in [0.4, 0.5) is 0 Å². The van der Waals surface area contributed by atoms with E-state index in [1.807, 2.05) is 0 Å². The Balaban J connectivity index is 1.80. The third-order valence-corrected chi connectivity index (χ3v) is 3.46. The van der Waals surface area contributed by atoms with Crippen LogP contribution in [-0.4, -0.2) is 35.8 Å². The van der Waals surface area contributed by atoms with Gasteiger partial charge in [-0.2, -0.15) is 0 Å². The van der Waals surface area contributed by atoms with Gasteiger partial charge in [0.1, 0.15) is 11.5 Å².